The molecule has 0 unspecified atom stereocenters. The minimum absolute atomic E-state index is 0.735. The highest BCUT2D eigenvalue weighted by Crippen LogP contribution is 2.24. The van der Waals surface area contributed by atoms with Gasteiger partial charge >= 0.3 is 0 Å². The molecule has 0 amide bonds. The van der Waals surface area contributed by atoms with Crippen molar-refractivity contribution < 1.29 is 4.74 Å². The number of nitrogens with zero attached hydrogens (tertiary/aromatic N) is 4. The first-order valence-corrected chi connectivity index (χ1v) is 8.66. The van der Waals surface area contributed by atoms with Crippen LogP contribution in [0.25, 0.3) is 0 Å². The van der Waals surface area contributed by atoms with Gasteiger partial charge in [-0.05, 0) is 43.2 Å². The van der Waals surface area contributed by atoms with Gasteiger partial charge in [-0.25, -0.2) is 4.98 Å². The normalized spacial score (nSPS) is 18.0. The molecule has 2 aliphatic heterocycles. The molecule has 0 atom stereocenters. The number of aromatic nitrogens is 2. The van der Waals surface area contributed by atoms with Crippen molar-refractivity contribution in [1.82, 2.24) is 9.97 Å². The molecular formula is C18H23N5O. The van der Waals surface area contributed by atoms with Crippen LogP contribution < -0.4 is 15.1 Å². The lowest BCUT2D eigenvalue weighted by Gasteiger charge is -2.26. The fourth-order valence-corrected chi connectivity index (χ4v) is 3.21. The summed E-state index contributed by atoms with van der Waals surface area (Å²) in [6, 6.07) is 10.5. The summed E-state index contributed by atoms with van der Waals surface area (Å²) in [5, 5.41) is 3.37. The predicted molar refractivity (Wildman–Crippen MR) is 96.2 cm³/mol. The molecule has 126 valence electrons. The second kappa shape index (κ2) is 7.05. The molecule has 6 nitrogen and oxygen atoms in total. The summed E-state index contributed by atoms with van der Waals surface area (Å²) in [6.07, 6.45) is 4.40. The minimum Gasteiger partial charge on any atom is -0.378 e. The van der Waals surface area contributed by atoms with Gasteiger partial charge in [0.15, 0.2) is 0 Å². The van der Waals surface area contributed by atoms with Crippen LogP contribution >= 0.6 is 0 Å². The first-order chi connectivity index (χ1) is 11.9. The summed E-state index contributed by atoms with van der Waals surface area (Å²) >= 11 is 0. The summed E-state index contributed by atoms with van der Waals surface area (Å²) in [5.74, 6) is 1.58. The Bertz CT molecular complexity index is 663. The Labute approximate surface area is 142 Å². The third-order valence-electron chi connectivity index (χ3n) is 4.55. The number of benzene rings is 1. The van der Waals surface area contributed by atoms with Gasteiger partial charge in [0.25, 0.3) is 0 Å². The van der Waals surface area contributed by atoms with Gasteiger partial charge in [0, 0.05) is 43.8 Å². The minimum atomic E-state index is 0.735. The lowest BCUT2D eigenvalue weighted by atomic mass is 10.2. The van der Waals surface area contributed by atoms with E-state index in [1.807, 2.05) is 6.07 Å². The van der Waals surface area contributed by atoms with Crippen molar-refractivity contribution in [2.45, 2.75) is 12.8 Å². The van der Waals surface area contributed by atoms with Crippen LogP contribution in [0.3, 0.4) is 0 Å². The highest BCUT2D eigenvalue weighted by Gasteiger charge is 2.14. The molecule has 4 rings (SSSR count). The van der Waals surface area contributed by atoms with E-state index < -0.39 is 0 Å². The van der Waals surface area contributed by atoms with Crippen molar-refractivity contribution in [3.63, 3.8) is 0 Å². The average Bonchev–Trinajstić information content (AvgIpc) is 3.18. The summed E-state index contributed by atoms with van der Waals surface area (Å²) < 4.78 is 5.38. The molecule has 0 bridgehead atoms. The fourth-order valence-electron chi connectivity index (χ4n) is 3.21. The van der Waals surface area contributed by atoms with Gasteiger partial charge in [-0.2, -0.15) is 4.98 Å². The molecule has 2 aliphatic rings. The topological polar surface area (TPSA) is 53.5 Å². The van der Waals surface area contributed by atoms with Crippen LogP contribution in [-0.2, 0) is 4.74 Å². The zero-order chi connectivity index (χ0) is 16.2. The van der Waals surface area contributed by atoms with Crippen molar-refractivity contribution in [1.29, 1.82) is 0 Å². The van der Waals surface area contributed by atoms with E-state index in [-0.39, 0.29) is 0 Å². The first-order valence-electron chi connectivity index (χ1n) is 8.66. The van der Waals surface area contributed by atoms with Crippen molar-refractivity contribution in [3.05, 3.63) is 36.5 Å². The second-order valence-corrected chi connectivity index (χ2v) is 6.21. The maximum Gasteiger partial charge on any atom is 0.227 e. The highest BCUT2D eigenvalue weighted by atomic mass is 16.5. The van der Waals surface area contributed by atoms with E-state index in [0.29, 0.717) is 0 Å². The SMILES string of the molecule is c1cc(Nc2ccc(N3CCCC3)cc2)nc(N2CCOCC2)n1. The summed E-state index contributed by atoms with van der Waals surface area (Å²) in [7, 11) is 0. The van der Waals surface area contributed by atoms with Crippen molar-refractivity contribution in [2.24, 2.45) is 0 Å². The number of anilines is 4. The maximum absolute atomic E-state index is 5.38. The summed E-state index contributed by atoms with van der Waals surface area (Å²) in [4.78, 5) is 13.6. The van der Waals surface area contributed by atoms with Gasteiger partial charge in [0.05, 0.1) is 13.2 Å². The fraction of sp³-hybridized carbons (Fsp3) is 0.444. The maximum atomic E-state index is 5.38. The Morgan fingerprint density at radius 1 is 0.875 bits per heavy atom. The molecule has 0 aliphatic carbocycles. The quantitative estimate of drug-likeness (QED) is 0.933. The largest absolute Gasteiger partial charge is 0.378 e. The van der Waals surface area contributed by atoms with Gasteiger partial charge in [-0.3, -0.25) is 0 Å². The van der Waals surface area contributed by atoms with E-state index in [0.717, 1.165) is 43.8 Å². The van der Waals surface area contributed by atoms with Crippen LogP contribution in [0, 0.1) is 0 Å². The van der Waals surface area contributed by atoms with Gasteiger partial charge < -0.3 is 19.9 Å². The molecule has 1 aromatic heterocycles. The van der Waals surface area contributed by atoms with Crippen LogP contribution in [0.2, 0.25) is 0 Å². The average molecular weight is 325 g/mol. The van der Waals surface area contributed by atoms with Crippen LogP contribution in [0.4, 0.5) is 23.1 Å². The van der Waals surface area contributed by atoms with E-state index in [9.17, 15) is 0 Å². The molecule has 2 aromatic rings. The molecule has 0 saturated carbocycles. The van der Waals surface area contributed by atoms with E-state index in [1.165, 1.54) is 31.6 Å². The molecule has 24 heavy (non-hydrogen) atoms. The zero-order valence-electron chi connectivity index (χ0n) is 13.8. The Hall–Kier alpha value is -2.34. The summed E-state index contributed by atoms with van der Waals surface area (Å²) in [6.45, 7) is 5.49. The van der Waals surface area contributed by atoms with E-state index >= 15 is 0 Å². The number of hydrogen-bond acceptors (Lipinski definition) is 6. The van der Waals surface area contributed by atoms with Crippen molar-refractivity contribution in [3.8, 4) is 0 Å². The van der Waals surface area contributed by atoms with E-state index in [1.54, 1.807) is 6.20 Å². The molecule has 0 spiro atoms. The number of nitrogens with one attached hydrogen (secondary N) is 1. The number of morpholine rings is 1. The Kier molecular flexibility index (Phi) is 4.46. The molecule has 6 heteroatoms. The van der Waals surface area contributed by atoms with Crippen LogP contribution in [0.5, 0.6) is 0 Å². The molecular weight excluding hydrogens is 302 g/mol. The molecule has 1 aromatic carbocycles. The second-order valence-electron chi connectivity index (χ2n) is 6.21. The van der Waals surface area contributed by atoms with Gasteiger partial charge in [0.1, 0.15) is 5.82 Å². The van der Waals surface area contributed by atoms with Crippen molar-refractivity contribution >= 4 is 23.1 Å². The summed E-state index contributed by atoms with van der Waals surface area (Å²) in [5.41, 5.74) is 2.35. The lowest BCUT2D eigenvalue weighted by Crippen LogP contribution is -2.37. The Morgan fingerprint density at radius 3 is 2.38 bits per heavy atom. The highest BCUT2D eigenvalue weighted by molar-refractivity contribution is 5.61. The first kappa shape index (κ1) is 15.2. The van der Waals surface area contributed by atoms with Crippen LogP contribution in [-0.4, -0.2) is 49.4 Å². The van der Waals surface area contributed by atoms with E-state index in [4.69, 9.17) is 4.74 Å². The van der Waals surface area contributed by atoms with Gasteiger partial charge in [-0.1, -0.05) is 0 Å². The number of rotatable bonds is 4. The number of ether oxygens (including phenoxy) is 1. The standard InChI is InChI=1S/C18H23N5O/c1-2-10-22(9-1)16-5-3-15(4-6-16)20-17-7-8-19-18(21-17)23-11-13-24-14-12-23/h3-8H,1-2,9-14H2,(H,19,20,21). The molecule has 1 N–H and O–H groups in total. The van der Waals surface area contributed by atoms with Crippen LogP contribution in [0.15, 0.2) is 36.5 Å². The van der Waals surface area contributed by atoms with Gasteiger partial charge in [0.2, 0.25) is 5.95 Å². The van der Waals surface area contributed by atoms with Crippen LogP contribution in [0.1, 0.15) is 12.8 Å². The third-order valence-corrected chi connectivity index (χ3v) is 4.55. The monoisotopic (exact) mass is 325 g/mol. The van der Waals surface area contributed by atoms with Crippen molar-refractivity contribution in [2.75, 3.05) is 54.5 Å². The lowest BCUT2D eigenvalue weighted by molar-refractivity contribution is 0.122. The Balaban J connectivity index is 1.44. The Morgan fingerprint density at radius 2 is 1.62 bits per heavy atom. The molecule has 2 fully saturated rings. The van der Waals surface area contributed by atoms with E-state index in [2.05, 4.69) is 49.4 Å². The van der Waals surface area contributed by atoms with Gasteiger partial charge in [-0.15, -0.1) is 0 Å². The smallest absolute Gasteiger partial charge is 0.227 e. The molecule has 0 radical (unpaired) electrons. The third kappa shape index (κ3) is 3.43. The number of hydrogen-bond donors (Lipinski definition) is 1. The predicted octanol–water partition coefficient (Wildman–Crippen LogP) is 2.66. The molecule has 2 saturated heterocycles. The molecule has 3 heterocycles. The zero-order valence-corrected chi connectivity index (χ0v) is 13.8.